The zero-order valence-corrected chi connectivity index (χ0v) is 7.76. The van der Waals surface area contributed by atoms with Gasteiger partial charge in [0.25, 0.3) is 0 Å². The molecule has 2 heteroatoms. The van der Waals surface area contributed by atoms with Gasteiger partial charge in [-0.15, -0.1) is 0 Å². The van der Waals surface area contributed by atoms with Crippen LogP contribution in [-0.2, 0) is 0 Å². The van der Waals surface area contributed by atoms with Crippen molar-refractivity contribution in [3.63, 3.8) is 0 Å². The molecule has 1 heterocycles. The number of hydrogen-bond acceptors (Lipinski definition) is 2. The van der Waals surface area contributed by atoms with Gasteiger partial charge in [-0.05, 0) is 0 Å². The molecule has 1 aliphatic rings. The molecule has 2 nitrogen and oxygen atoms in total. The van der Waals surface area contributed by atoms with Crippen molar-refractivity contribution in [3.8, 4) is 0 Å². The number of rotatable bonds is 0. The molecule has 0 N–H and O–H groups in total. The Hall–Kier alpha value is -0.790. The SMILES string of the molecule is CN1N=CCC=C1C(C)(C)C. The summed E-state index contributed by atoms with van der Waals surface area (Å²) >= 11 is 0. The maximum absolute atomic E-state index is 4.22. The van der Waals surface area contributed by atoms with Gasteiger partial charge in [0.05, 0.1) is 0 Å². The van der Waals surface area contributed by atoms with Crippen LogP contribution in [0, 0.1) is 5.41 Å². The van der Waals surface area contributed by atoms with E-state index in [1.807, 2.05) is 18.3 Å². The highest BCUT2D eigenvalue weighted by Crippen LogP contribution is 2.28. The van der Waals surface area contributed by atoms with Gasteiger partial charge in [0.1, 0.15) is 0 Å². The fourth-order valence-corrected chi connectivity index (χ4v) is 1.32. The van der Waals surface area contributed by atoms with Gasteiger partial charge in [-0.2, -0.15) is 5.10 Å². The van der Waals surface area contributed by atoms with Gasteiger partial charge in [-0.3, -0.25) is 5.01 Å². The van der Waals surface area contributed by atoms with E-state index in [0.717, 1.165) is 6.42 Å². The second-order valence-electron chi connectivity index (χ2n) is 3.90. The van der Waals surface area contributed by atoms with Crippen LogP contribution in [0.5, 0.6) is 0 Å². The van der Waals surface area contributed by atoms with Crippen molar-refractivity contribution in [2.24, 2.45) is 10.5 Å². The van der Waals surface area contributed by atoms with Gasteiger partial charge in [-0.25, -0.2) is 0 Å². The molecule has 0 saturated carbocycles. The van der Waals surface area contributed by atoms with E-state index in [9.17, 15) is 0 Å². The highest BCUT2D eigenvalue weighted by molar-refractivity contribution is 5.60. The van der Waals surface area contributed by atoms with Gasteiger partial charge >= 0.3 is 0 Å². The van der Waals surface area contributed by atoms with Crippen LogP contribution >= 0.6 is 0 Å². The first kappa shape index (κ1) is 8.31. The summed E-state index contributed by atoms with van der Waals surface area (Å²) in [4.78, 5) is 0. The standard InChI is InChI=1S/C9H16N2/c1-9(2,3)8-6-5-7-10-11(8)4/h6-7H,5H2,1-4H3. The van der Waals surface area contributed by atoms with Gasteiger partial charge < -0.3 is 0 Å². The minimum Gasteiger partial charge on any atom is -0.273 e. The van der Waals surface area contributed by atoms with E-state index < -0.39 is 0 Å². The summed E-state index contributed by atoms with van der Waals surface area (Å²) < 4.78 is 0. The third-order valence-corrected chi connectivity index (χ3v) is 1.79. The van der Waals surface area contributed by atoms with E-state index >= 15 is 0 Å². The molecule has 0 aliphatic carbocycles. The molecule has 0 fully saturated rings. The molecule has 62 valence electrons. The molecule has 0 spiro atoms. The van der Waals surface area contributed by atoms with Crippen LogP contribution in [0.15, 0.2) is 16.9 Å². The van der Waals surface area contributed by atoms with Crippen molar-refractivity contribution in [2.75, 3.05) is 7.05 Å². The second kappa shape index (κ2) is 2.68. The molecule has 0 radical (unpaired) electrons. The summed E-state index contributed by atoms with van der Waals surface area (Å²) in [6.07, 6.45) is 5.12. The Balaban J connectivity index is 2.80. The number of nitrogens with zero attached hydrogens (tertiary/aromatic N) is 2. The number of hydrogen-bond donors (Lipinski definition) is 0. The Morgan fingerprint density at radius 1 is 1.45 bits per heavy atom. The number of hydrazone groups is 1. The van der Waals surface area contributed by atoms with Crippen LogP contribution in [0.4, 0.5) is 0 Å². The molecule has 1 aliphatic heterocycles. The van der Waals surface area contributed by atoms with Crippen molar-refractivity contribution in [1.82, 2.24) is 5.01 Å². The van der Waals surface area contributed by atoms with Gasteiger partial charge in [-0.1, -0.05) is 26.8 Å². The predicted molar refractivity (Wildman–Crippen MR) is 48.4 cm³/mol. The molecule has 0 aromatic rings. The molecular formula is C9H16N2. The molecule has 0 bridgehead atoms. The van der Waals surface area contributed by atoms with Crippen molar-refractivity contribution < 1.29 is 0 Å². The van der Waals surface area contributed by atoms with E-state index in [1.165, 1.54) is 5.70 Å². The summed E-state index contributed by atoms with van der Waals surface area (Å²) in [5.41, 5.74) is 1.52. The summed E-state index contributed by atoms with van der Waals surface area (Å²) in [5.74, 6) is 0. The predicted octanol–water partition coefficient (Wildman–Crippen LogP) is 2.24. The minimum atomic E-state index is 0.215. The van der Waals surface area contributed by atoms with Crippen LogP contribution in [-0.4, -0.2) is 18.3 Å². The van der Waals surface area contributed by atoms with Crippen LogP contribution in [0.25, 0.3) is 0 Å². The van der Waals surface area contributed by atoms with Crippen molar-refractivity contribution in [2.45, 2.75) is 27.2 Å². The maximum atomic E-state index is 4.22. The summed E-state index contributed by atoms with van der Waals surface area (Å²) in [7, 11) is 1.99. The summed E-state index contributed by atoms with van der Waals surface area (Å²) in [5, 5.41) is 6.17. The van der Waals surface area contributed by atoms with E-state index in [0.29, 0.717) is 0 Å². The van der Waals surface area contributed by atoms with Crippen LogP contribution in [0.1, 0.15) is 27.2 Å². The third-order valence-electron chi connectivity index (χ3n) is 1.79. The van der Waals surface area contributed by atoms with Crippen LogP contribution < -0.4 is 0 Å². The third kappa shape index (κ3) is 1.82. The highest BCUT2D eigenvalue weighted by Gasteiger charge is 2.21. The Morgan fingerprint density at radius 2 is 2.09 bits per heavy atom. The molecule has 0 aromatic carbocycles. The maximum Gasteiger partial charge on any atom is 0.0381 e. The van der Waals surface area contributed by atoms with Crippen molar-refractivity contribution >= 4 is 6.21 Å². The molecule has 0 saturated heterocycles. The molecule has 11 heavy (non-hydrogen) atoms. The molecular weight excluding hydrogens is 136 g/mol. The lowest BCUT2D eigenvalue weighted by atomic mass is 9.90. The van der Waals surface area contributed by atoms with Crippen molar-refractivity contribution in [3.05, 3.63) is 11.8 Å². The largest absolute Gasteiger partial charge is 0.273 e. The average Bonchev–Trinajstić information content (AvgIpc) is 1.86. The topological polar surface area (TPSA) is 15.6 Å². The quantitative estimate of drug-likeness (QED) is 0.519. The van der Waals surface area contributed by atoms with E-state index in [4.69, 9.17) is 0 Å². The smallest absolute Gasteiger partial charge is 0.0381 e. The molecule has 0 aromatic heterocycles. The van der Waals surface area contributed by atoms with Crippen LogP contribution in [0.3, 0.4) is 0 Å². The fourth-order valence-electron chi connectivity index (χ4n) is 1.32. The first-order chi connectivity index (χ1) is 5.02. The Morgan fingerprint density at radius 3 is 2.45 bits per heavy atom. The molecule has 0 atom stereocenters. The van der Waals surface area contributed by atoms with Gasteiger partial charge in [0.15, 0.2) is 0 Å². The lowest BCUT2D eigenvalue weighted by Crippen LogP contribution is -2.24. The fraction of sp³-hybridized carbons (Fsp3) is 0.667. The first-order valence-corrected chi connectivity index (χ1v) is 3.98. The number of allylic oxidation sites excluding steroid dienone is 2. The van der Waals surface area contributed by atoms with Gasteiger partial charge in [0.2, 0.25) is 0 Å². The normalized spacial score (nSPS) is 18.5. The van der Waals surface area contributed by atoms with E-state index in [2.05, 4.69) is 31.9 Å². The lowest BCUT2D eigenvalue weighted by molar-refractivity contribution is 0.317. The average molecular weight is 152 g/mol. The molecule has 0 unspecified atom stereocenters. The highest BCUT2D eigenvalue weighted by atomic mass is 15.4. The summed E-state index contributed by atoms with van der Waals surface area (Å²) in [6, 6.07) is 0. The second-order valence-corrected chi connectivity index (χ2v) is 3.90. The Kier molecular flexibility index (Phi) is 2.03. The van der Waals surface area contributed by atoms with Crippen LogP contribution in [0.2, 0.25) is 0 Å². The van der Waals surface area contributed by atoms with E-state index in [-0.39, 0.29) is 5.41 Å². The Bertz CT molecular complexity index is 196. The van der Waals surface area contributed by atoms with Gasteiger partial charge in [0, 0.05) is 30.8 Å². The summed E-state index contributed by atoms with van der Waals surface area (Å²) in [6.45, 7) is 6.61. The first-order valence-electron chi connectivity index (χ1n) is 3.98. The molecule has 0 amide bonds. The Labute approximate surface area is 68.6 Å². The van der Waals surface area contributed by atoms with E-state index in [1.54, 1.807) is 0 Å². The lowest BCUT2D eigenvalue weighted by Gasteiger charge is -2.30. The minimum absolute atomic E-state index is 0.215. The zero-order chi connectivity index (χ0) is 8.48. The van der Waals surface area contributed by atoms with Crippen molar-refractivity contribution in [1.29, 1.82) is 0 Å². The monoisotopic (exact) mass is 152 g/mol. The zero-order valence-electron chi connectivity index (χ0n) is 7.76. The molecule has 1 rings (SSSR count).